The molecule has 0 bridgehead atoms. The Labute approximate surface area is 84.5 Å². The van der Waals surface area contributed by atoms with E-state index in [1.54, 1.807) is 0 Å². The molecule has 0 atom stereocenters. The van der Waals surface area contributed by atoms with Crippen LogP contribution in [-0.4, -0.2) is 10.4 Å². The quantitative estimate of drug-likeness (QED) is 0.651. The molecule has 0 N–H and O–H groups in total. The molecule has 75 valence electrons. The molecule has 0 radical (unpaired) electrons. The van der Waals surface area contributed by atoms with E-state index in [0.717, 1.165) is 0 Å². The van der Waals surface area contributed by atoms with Crippen LogP contribution in [0.1, 0.15) is 6.42 Å². The molecule has 0 nitrogen and oxygen atoms in total. The summed E-state index contributed by atoms with van der Waals surface area (Å²) in [4.78, 5) is 0. The molecule has 0 saturated carbocycles. The van der Waals surface area contributed by atoms with Crippen LogP contribution in [0.15, 0.2) is 22.1 Å². The fourth-order valence-electron chi connectivity index (χ4n) is 1.58. The van der Waals surface area contributed by atoms with Crippen LogP contribution in [0.25, 0.3) is 0 Å². The van der Waals surface area contributed by atoms with Crippen molar-refractivity contribution in [2.24, 2.45) is 0 Å². The molecule has 0 aromatic rings. The SMILES string of the molecule is [CH3][Ge]([CH3])([CH3])[Ti]([CH3])([CH3])([CH3])[C]1=CC=CC1. The van der Waals surface area contributed by atoms with Crippen molar-refractivity contribution in [2.45, 2.75) is 39.4 Å². The third kappa shape index (κ3) is 1.91. The van der Waals surface area contributed by atoms with Gasteiger partial charge >= 0.3 is 85.0 Å². The third-order valence-corrected chi connectivity index (χ3v) is 65.0. The molecule has 0 aromatic heterocycles. The van der Waals surface area contributed by atoms with E-state index in [2.05, 4.69) is 51.2 Å². The average Bonchev–Trinajstić information content (AvgIpc) is 2.32. The minimum atomic E-state index is -2.18. The van der Waals surface area contributed by atoms with Gasteiger partial charge in [0.2, 0.25) is 0 Å². The molecule has 0 unspecified atom stereocenters. The molecule has 1 rings (SSSR count). The van der Waals surface area contributed by atoms with Crippen molar-refractivity contribution >= 4 is 10.4 Å². The molecule has 0 spiro atoms. The second-order valence-electron chi connectivity index (χ2n) is 6.70. The van der Waals surface area contributed by atoms with Crippen molar-refractivity contribution in [1.29, 1.82) is 0 Å². The van der Waals surface area contributed by atoms with Crippen LogP contribution in [0.5, 0.6) is 0 Å². The maximum atomic E-state index is 2.63. The molecule has 0 aliphatic heterocycles. The zero-order valence-electron chi connectivity index (χ0n) is 9.94. The summed E-state index contributed by atoms with van der Waals surface area (Å²) >= 11 is -2.18. The molecule has 2 heteroatoms. The first-order valence-electron chi connectivity index (χ1n) is 5.22. The third-order valence-electron chi connectivity index (χ3n) is 4.52. The Morgan fingerprint density at radius 2 is 1.69 bits per heavy atom. The van der Waals surface area contributed by atoms with Crippen molar-refractivity contribution < 1.29 is 13.1 Å². The maximum absolute atomic E-state index is 2.63. The van der Waals surface area contributed by atoms with Gasteiger partial charge in [-0.3, -0.25) is 0 Å². The summed E-state index contributed by atoms with van der Waals surface area (Å²) in [5, 5.41) is 7.90. The number of rotatable bonds is 2. The second-order valence-corrected chi connectivity index (χ2v) is 54.2. The summed E-state index contributed by atoms with van der Waals surface area (Å²) < 4.78 is 1.82. The Hall–Kier alpha value is 0.737. The average molecular weight is 276 g/mol. The summed E-state index contributed by atoms with van der Waals surface area (Å²) in [5.74, 6) is 7.78. The number of hydrogen-bond donors (Lipinski definition) is 0. The van der Waals surface area contributed by atoms with E-state index < -0.39 is 23.5 Å². The van der Waals surface area contributed by atoms with E-state index in [1.165, 1.54) is 6.42 Å². The second kappa shape index (κ2) is 3.11. The summed E-state index contributed by atoms with van der Waals surface area (Å²) in [6.07, 6.45) is 8.24. The predicted molar refractivity (Wildman–Crippen MR) is 62.8 cm³/mol. The van der Waals surface area contributed by atoms with Crippen molar-refractivity contribution in [1.82, 2.24) is 0 Å². The van der Waals surface area contributed by atoms with Crippen LogP contribution in [0.2, 0.25) is 33.0 Å². The summed E-state index contributed by atoms with van der Waals surface area (Å²) in [6, 6.07) is 0. The molecule has 0 saturated heterocycles. The molecule has 0 aromatic carbocycles. The fourth-order valence-corrected chi connectivity index (χ4v) is 15.4. The predicted octanol–water partition coefficient (Wildman–Crippen LogP) is 4.50. The minimum absolute atomic E-state index is 1.25. The van der Waals surface area contributed by atoms with Crippen molar-refractivity contribution in [2.75, 3.05) is 0 Å². The first-order valence-corrected chi connectivity index (χ1v) is 22.1. The van der Waals surface area contributed by atoms with Gasteiger partial charge in [0.15, 0.2) is 0 Å². The van der Waals surface area contributed by atoms with Crippen LogP contribution >= 0.6 is 0 Å². The van der Waals surface area contributed by atoms with E-state index in [9.17, 15) is 0 Å². The van der Waals surface area contributed by atoms with Crippen LogP contribution in [0.3, 0.4) is 0 Å². The zero-order chi connectivity index (χ0) is 10.4. The Kier molecular flexibility index (Phi) is 2.83. The van der Waals surface area contributed by atoms with Gasteiger partial charge in [0.1, 0.15) is 0 Å². The van der Waals surface area contributed by atoms with Gasteiger partial charge in [-0.05, 0) is 0 Å². The fraction of sp³-hybridized carbons (Fsp3) is 0.636. The Morgan fingerprint density at radius 3 is 2.00 bits per heavy atom. The molecule has 0 amide bonds. The van der Waals surface area contributed by atoms with Gasteiger partial charge < -0.3 is 0 Å². The first kappa shape index (κ1) is 11.8. The van der Waals surface area contributed by atoms with Gasteiger partial charge in [-0.15, -0.1) is 0 Å². The summed E-state index contributed by atoms with van der Waals surface area (Å²) in [6.45, 7) is 0. The van der Waals surface area contributed by atoms with Gasteiger partial charge in [-0.25, -0.2) is 0 Å². The molecule has 13 heavy (non-hydrogen) atoms. The molecule has 0 heterocycles. The van der Waals surface area contributed by atoms with E-state index in [4.69, 9.17) is 0 Å². The normalized spacial score (nSPS) is 21.1. The van der Waals surface area contributed by atoms with Crippen LogP contribution in [-0.2, 0) is 13.1 Å². The van der Waals surface area contributed by atoms with E-state index in [1.807, 2.05) is 3.88 Å². The standard InChI is InChI=1S/C5H5.C3H9Ge.3CH3.Ti/c1-2-4-5-3-1;1-4(2)3;;;;/h1-3H,4H2;1-3H3;3*1H3;. The molecule has 0 fully saturated rings. The van der Waals surface area contributed by atoms with E-state index in [0.29, 0.717) is 0 Å². The van der Waals surface area contributed by atoms with Gasteiger partial charge in [0.25, 0.3) is 0 Å². The van der Waals surface area contributed by atoms with Crippen LogP contribution in [0, 0.1) is 0 Å². The van der Waals surface area contributed by atoms with Crippen molar-refractivity contribution in [3.8, 4) is 0 Å². The Bertz CT molecular complexity index is 271. The van der Waals surface area contributed by atoms with Gasteiger partial charge in [-0.2, -0.15) is 0 Å². The zero-order valence-corrected chi connectivity index (χ0v) is 13.6. The molecule has 1 aliphatic carbocycles. The van der Waals surface area contributed by atoms with Crippen LogP contribution in [0.4, 0.5) is 0 Å². The topological polar surface area (TPSA) is 0 Å². The number of allylic oxidation sites excluding steroid dienone is 4. The first-order chi connectivity index (χ1) is 5.64. The monoisotopic (exact) mass is 277 g/mol. The Balaban J connectivity index is 3.11. The molecule has 1 aliphatic rings. The molecular formula is C11H23GeTi. The van der Waals surface area contributed by atoms with Crippen molar-refractivity contribution in [3.63, 3.8) is 0 Å². The van der Waals surface area contributed by atoms with E-state index >= 15 is 0 Å². The van der Waals surface area contributed by atoms with Gasteiger partial charge in [0, 0.05) is 0 Å². The summed E-state index contributed by atoms with van der Waals surface area (Å²) in [7, 11) is -1.51. The van der Waals surface area contributed by atoms with Crippen molar-refractivity contribution in [3.05, 3.63) is 22.1 Å². The van der Waals surface area contributed by atoms with Gasteiger partial charge in [-0.1, -0.05) is 0 Å². The van der Waals surface area contributed by atoms with Gasteiger partial charge in [0.05, 0.1) is 0 Å². The van der Waals surface area contributed by atoms with Crippen LogP contribution < -0.4 is 0 Å². The molecular weight excluding hydrogens is 253 g/mol. The number of hydrogen-bond acceptors (Lipinski definition) is 0. The van der Waals surface area contributed by atoms with E-state index in [-0.39, 0.29) is 0 Å². The Morgan fingerprint density at radius 1 is 1.15 bits per heavy atom. The summed E-state index contributed by atoms with van der Waals surface area (Å²) in [5.41, 5.74) is 0.